The number of methoxy groups -OCH3 is 1. The topological polar surface area (TPSA) is 61.7 Å². The maximum Gasteiger partial charge on any atom is 0.160 e. The first-order chi connectivity index (χ1) is 10.5. The van der Waals surface area contributed by atoms with Crippen molar-refractivity contribution in [1.82, 2.24) is 5.32 Å². The van der Waals surface area contributed by atoms with Crippen molar-refractivity contribution >= 4 is 0 Å². The van der Waals surface area contributed by atoms with Gasteiger partial charge in [-0.1, -0.05) is 12.1 Å². The van der Waals surface area contributed by atoms with Crippen LogP contribution in [0.1, 0.15) is 17.2 Å². The molecule has 118 valence electrons. The smallest absolute Gasteiger partial charge is 0.160 e. The Balaban J connectivity index is 1.90. The Labute approximate surface area is 127 Å². The van der Waals surface area contributed by atoms with Crippen molar-refractivity contribution in [3.63, 3.8) is 0 Å². The van der Waals surface area contributed by atoms with Crippen LogP contribution in [0.4, 0.5) is 8.78 Å². The number of aliphatic hydroxyl groups excluding tert-OH is 1. The van der Waals surface area contributed by atoms with Crippen LogP contribution in [0.5, 0.6) is 11.5 Å². The highest BCUT2D eigenvalue weighted by atomic mass is 19.2. The van der Waals surface area contributed by atoms with Gasteiger partial charge in [-0.2, -0.15) is 0 Å². The lowest BCUT2D eigenvalue weighted by molar-refractivity contribution is 0.173. The van der Waals surface area contributed by atoms with Gasteiger partial charge in [-0.15, -0.1) is 0 Å². The number of aliphatic hydroxyl groups is 1. The number of halogens is 2. The number of hydrogen-bond donors (Lipinski definition) is 3. The van der Waals surface area contributed by atoms with E-state index in [9.17, 15) is 19.0 Å². The predicted octanol–water partition coefficient (Wildman–Crippen LogP) is 2.50. The Morgan fingerprint density at radius 2 is 1.91 bits per heavy atom. The fraction of sp³-hybridized carbons (Fsp3) is 0.250. The predicted molar refractivity (Wildman–Crippen MR) is 77.7 cm³/mol. The van der Waals surface area contributed by atoms with Gasteiger partial charge in [0.1, 0.15) is 0 Å². The average Bonchev–Trinajstić information content (AvgIpc) is 2.50. The van der Waals surface area contributed by atoms with Crippen molar-refractivity contribution in [1.29, 1.82) is 0 Å². The summed E-state index contributed by atoms with van der Waals surface area (Å²) in [5, 5.41) is 22.6. The van der Waals surface area contributed by atoms with Gasteiger partial charge in [-0.05, 0) is 35.4 Å². The van der Waals surface area contributed by atoms with Crippen LogP contribution in [-0.2, 0) is 6.54 Å². The van der Waals surface area contributed by atoms with Gasteiger partial charge in [0.05, 0.1) is 13.2 Å². The summed E-state index contributed by atoms with van der Waals surface area (Å²) in [4.78, 5) is 0. The van der Waals surface area contributed by atoms with Crippen LogP contribution in [0.25, 0.3) is 0 Å². The number of ether oxygens (including phenoxy) is 1. The summed E-state index contributed by atoms with van der Waals surface area (Å²) < 4.78 is 30.9. The Kier molecular flexibility index (Phi) is 5.30. The molecular weight excluding hydrogens is 292 g/mol. The van der Waals surface area contributed by atoms with Crippen LogP contribution in [0.2, 0.25) is 0 Å². The molecule has 3 N–H and O–H groups in total. The molecule has 0 heterocycles. The summed E-state index contributed by atoms with van der Waals surface area (Å²) in [6.45, 7) is 0.566. The minimum absolute atomic E-state index is 0.0305. The van der Waals surface area contributed by atoms with Crippen LogP contribution in [0.15, 0.2) is 36.4 Å². The molecule has 0 saturated heterocycles. The molecule has 1 unspecified atom stereocenters. The van der Waals surface area contributed by atoms with Gasteiger partial charge in [0.2, 0.25) is 0 Å². The minimum atomic E-state index is -0.989. The molecular formula is C16H17F2NO3. The third-order valence-corrected chi connectivity index (χ3v) is 3.24. The summed E-state index contributed by atoms with van der Waals surface area (Å²) in [6.07, 6.45) is -0.957. The maximum absolute atomic E-state index is 13.1. The van der Waals surface area contributed by atoms with Gasteiger partial charge in [-0.25, -0.2) is 8.78 Å². The Morgan fingerprint density at radius 3 is 2.55 bits per heavy atom. The molecule has 4 nitrogen and oxygen atoms in total. The zero-order valence-electron chi connectivity index (χ0n) is 12.0. The van der Waals surface area contributed by atoms with E-state index in [0.717, 1.165) is 17.7 Å². The van der Waals surface area contributed by atoms with Crippen LogP contribution >= 0.6 is 0 Å². The van der Waals surface area contributed by atoms with Crippen LogP contribution in [0.3, 0.4) is 0 Å². The lowest BCUT2D eigenvalue weighted by atomic mass is 10.1. The van der Waals surface area contributed by atoms with Gasteiger partial charge in [-0.3, -0.25) is 0 Å². The first-order valence-corrected chi connectivity index (χ1v) is 6.71. The van der Waals surface area contributed by atoms with Crippen molar-refractivity contribution in [3.8, 4) is 11.5 Å². The summed E-state index contributed by atoms with van der Waals surface area (Å²) in [5.41, 5.74) is 1.10. The third kappa shape index (κ3) is 3.93. The first-order valence-electron chi connectivity index (χ1n) is 6.71. The maximum atomic E-state index is 13.1. The van der Waals surface area contributed by atoms with E-state index in [2.05, 4.69) is 5.32 Å². The van der Waals surface area contributed by atoms with Crippen molar-refractivity contribution in [2.75, 3.05) is 13.7 Å². The molecule has 0 aliphatic rings. The summed E-state index contributed by atoms with van der Waals surface area (Å²) in [7, 11) is 1.46. The molecule has 0 amide bonds. The molecule has 0 spiro atoms. The van der Waals surface area contributed by atoms with E-state index in [1.165, 1.54) is 13.2 Å². The molecule has 0 radical (unpaired) electrons. The number of rotatable bonds is 6. The molecule has 6 heteroatoms. The van der Waals surface area contributed by atoms with E-state index in [1.54, 1.807) is 18.2 Å². The molecule has 2 aromatic carbocycles. The molecule has 0 bridgehead atoms. The second kappa shape index (κ2) is 7.20. The number of benzene rings is 2. The summed E-state index contributed by atoms with van der Waals surface area (Å²) in [5.74, 6) is -1.53. The van der Waals surface area contributed by atoms with Gasteiger partial charge in [0.15, 0.2) is 23.1 Å². The van der Waals surface area contributed by atoms with Crippen LogP contribution in [-0.4, -0.2) is 23.9 Å². The molecule has 2 rings (SSSR count). The lowest BCUT2D eigenvalue weighted by Gasteiger charge is -2.13. The first kappa shape index (κ1) is 16.2. The zero-order valence-corrected chi connectivity index (χ0v) is 12.0. The molecule has 2 aromatic rings. The van der Waals surface area contributed by atoms with E-state index in [-0.39, 0.29) is 12.3 Å². The summed E-state index contributed by atoms with van der Waals surface area (Å²) in [6, 6.07) is 8.25. The van der Waals surface area contributed by atoms with E-state index in [4.69, 9.17) is 4.74 Å². The average molecular weight is 309 g/mol. The molecule has 22 heavy (non-hydrogen) atoms. The molecule has 0 saturated carbocycles. The molecule has 0 aromatic heterocycles. The minimum Gasteiger partial charge on any atom is -0.504 e. The van der Waals surface area contributed by atoms with Gasteiger partial charge in [0.25, 0.3) is 0 Å². The number of aromatic hydroxyl groups is 1. The third-order valence-electron chi connectivity index (χ3n) is 3.24. The quantitative estimate of drug-likeness (QED) is 0.767. The fourth-order valence-electron chi connectivity index (χ4n) is 2.04. The van der Waals surface area contributed by atoms with Gasteiger partial charge < -0.3 is 20.3 Å². The van der Waals surface area contributed by atoms with E-state index in [1.807, 2.05) is 0 Å². The monoisotopic (exact) mass is 309 g/mol. The number of phenols is 1. The normalized spacial score (nSPS) is 12.2. The second-order valence-electron chi connectivity index (χ2n) is 4.83. The van der Waals surface area contributed by atoms with Crippen molar-refractivity contribution in [2.24, 2.45) is 0 Å². The highest BCUT2D eigenvalue weighted by Gasteiger charge is 2.11. The highest BCUT2D eigenvalue weighted by Crippen LogP contribution is 2.26. The highest BCUT2D eigenvalue weighted by molar-refractivity contribution is 5.41. The van der Waals surface area contributed by atoms with Crippen molar-refractivity contribution < 1.29 is 23.7 Å². The van der Waals surface area contributed by atoms with E-state index >= 15 is 0 Å². The SMILES string of the molecule is COc1ccc(CNCC(O)c2ccc(F)c(F)c2)cc1O. The van der Waals surface area contributed by atoms with Crippen molar-refractivity contribution in [2.45, 2.75) is 12.6 Å². The standard InChI is InChI=1S/C16H17F2NO3/c1-22-16-5-2-10(6-14(16)20)8-19-9-15(21)11-3-4-12(17)13(18)7-11/h2-7,15,19-21H,8-9H2,1H3. The fourth-order valence-corrected chi connectivity index (χ4v) is 2.04. The lowest BCUT2D eigenvalue weighted by Crippen LogP contribution is -2.21. The molecule has 1 atom stereocenters. The van der Waals surface area contributed by atoms with Crippen molar-refractivity contribution in [3.05, 3.63) is 59.2 Å². The van der Waals surface area contributed by atoms with E-state index < -0.39 is 17.7 Å². The van der Waals surface area contributed by atoms with Gasteiger partial charge in [0, 0.05) is 13.1 Å². The Bertz CT molecular complexity index is 649. The van der Waals surface area contributed by atoms with Crippen LogP contribution < -0.4 is 10.1 Å². The number of nitrogens with one attached hydrogen (secondary N) is 1. The molecule has 0 fully saturated rings. The number of hydrogen-bond acceptors (Lipinski definition) is 4. The van der Waals surface area contributed by atoms with Crippen LogP contribution in [0, 0.1) is 11.6 Å². The largest absolute Gasteiger partial charge is 0.504 e. The molecule has 0 aliphatic heterocycles. The summed E-state index contributed by atoms with van der Waals surface area (Å²) >= 11 is 0. The Morgan fingerprint density at radius 1 is 1.14 bits per heavy atom. The molecule has 0 aliphatic carbocycles. The van der Waals surface area contributed by atoms with E-state index in [0.29, 0.717) is 17.9 Å². The zero-order chi connectivity index (χ0) is 16.1. The second-order valence-corrected chi connectivity index (χ2v) is 4.83. The number of phenolic OH excluding ortho intramolecular Hbond substituents is 1. The van der Waals surface area contributed by atoms with Gasteiger partial charge >= 0.3 is 0 Å². The Hall–Kier alpha value is -2.18.